The second-order valence-corrected chi connectivity index (χ2v) is 9.62. The van der Waals surface area contributed by atoms with Gasteiger partial charge in [0, 0.05) is 49.9 Å². The molecule has 6 rings (SSSR count). The van der Waals surface area contributed by atoms with Crippen LogP contribution in [0.15, 0.2) is 24.7 Å². The number of H-pyrrole nitrogens is 1. The maximum absolute atomic E-state index is 10.6. The summed E-state index contributed by atoms with van der Waals surface area (Å²) < 4.78 is 11.3. The maximum Gasteiger partial charge on any atom is 0.228 e. The molecule has 0 unspecified atom stereocenters. The lowest BCUT2D eigenvalue weighted by Gasteiger charge is -2.33. The third-order valence-corrected chi connectivity index (χ3v) is 6.91. The second-order valence-electron chi connectivity index (χ2n) is 9.62. The van der Waals surface area contributed by atoms with Crippen LogP contribution in [-0.2, 0) is 4.79 Å². The van der Waals surface area contributed by atoms with Crippen molar-refractivity contribution in [1.29, 1.82) is 0 Å². The van der Waals surface area contributed by atoms with Crippen LogP contribution in [0, 0.1) is 5.92 Å². The number of likely N-dealkylation sites (N-methyl/N-ethyl adjacent to an activating group) is 1. The molecule has 3 fully saturated rings. The molecule has 3 aromatic heterocycles. The summed E-state index contributed by atoms with van der Waals surface area (Å²) in [7, 11) is 1.56. The number of fused-ring (bicyclic) bond motifs is 1. The van der Waals surface area contributed by atoms with Crippen LogP contribution in [-0.4, -0.2) is 88.6 Å². The van der Waals surface area contributed by atoms with Gasteiger partial charge in [-0.15, -0.1) is 0 Å². The third-order valence-electron chi connectivity index (χ3n) is 6.91. The van der Waals surface area contributed by atoms with Crippen molar-refractivity contribution in [1.82, 2.24) is 29.7 Å². The summed E-state index contributed by atoms with van der Waals surface area (Å²) >= 11 is 0. The monoisotopic (exact) mass is 493 g/mol. The van der Waals surface area contributed by atoms with Crippen molar-refractivity contribution in [3.63, 3.8) is 0 Å². The van der Waals surface area contributed by atoms with Crippen molar-refractivity contribution < 1.29 is 14.3 Å². The number of anilines is 1. The molecule has 10 nitrogen and oxygen atoms in total. The van der Waals surface area contributed by atoms with Crippen LogP contribution < -0.4 is 14.8 Å². The molecule has 0 spiro atoms. The van der Waals surface area contributed by atoms with Gasteiger partial charge in [0.1, 0.15) is 29.5 Å². The highest BCUT2D eigenvalue weighted by Gasteiger charge is 2.28. The van der Waals surface area contributed by atoms with Gasteiger partial charge in [-0.2, -0.15) is 0 Å². The number of amides is 1. The van der Waals surface area contributed by atoms with Gasteiger partial charge in [0.15, 0.2) is 0 Å². The van der Waals surface area contributed by atoms with E-state index in [-0.39, 0.29) is 6.10 Å². The van der Waals surface area contributed by atoms with Crippen molar-refractivity contribution in [2.75, 3.05) is 51.7 Å². The molecule has 1 saturated heterocycles. The third kappa shape index (κ3) is 5.93. The minimum Gasteiger partial charge on any atom is -0.480 e. The van der Waals surface area contributed by atoms with Crippen LogP contribution >= 0.6 is 0 Å². The van der Waals surface area contributed by atoms with Gasteiger partial charge in [-0.25, -0.2) is 15.0 Å². The van der Waals surface area contributed by atoms with Crippen LogP contribution in [0.3, 0.4) is 0 Å². The van der Waals surface area contributed by atoms with E-state index in [4.69, 9.17) is 9.47 Å². The number of carbonyl (C=O) groups excluding carboxylic acids is 1. The van der Waals surface area contributed by atoms with Gasteiger partial charge < -0.3 is 29.6 Å². The number of rotatable bonds is 9. The molecule has 2 saturated carbocycles. The fourth-order valence-corrected chi connectivity index (χ4v) is 4.48. The predicted octanol–water partition coefficient (Wildman–Crippen LogP) is 3.17. The molecule has 0 atom stereocenters. The van der Waals surface area contributed by atoms with Gasteiger partial charge in [-0.1, -0.05) is 6.92 Å². The topological polar surface area (TPSA) is 108 Å². The van der Waals surface area contributed by atoms with Gasteiger partial charge in [0.25, 0.3) is 0 Å². The van der Waals surface area contributed by atoms with E-state index in [2.05, 4.69) is 42.0 Å². The van der Waals surface area contributed by atoms with E-state index in [0.29, 0.717) is 35.2 Å². The Bertz CT molecular complexity index is 1170. The Morgan fingerprint density at radius 2 is 1.83 bits per heavy atom. The Morgan fingerprint density at radius 1 is 1.08 bits per heavy atom. The van der Waals surface area contributed by atoms with Crippen molar-refractivity contribution in [2.45, 2.75) is 38.7 Å². The number of hydrogen-bond donors (Lipinski definition) is 2. The molecule has 1 amide bonds. The molecule has 0 aromatic carbocycles. The molecule has 10 heteroatoms. The summed E-state index contributed by atoms with van der Waals surface area (Å²) in [5.41, 5.74) is 2.17. The average Bonchev–Trinajstić information content (AvgIpc) is 3.85. The number of ether oxygens (including phenoxy) is 2. The normalized spacial score (nSPS) is 18.4. The first kappa shape index (κ1) is 24.5. The zero-order valence-electron chi connectivity index (χ0n) is 21.1. The Balaban J connectivity index is 0.000000186. The number of piperazine rings is 1. The van der Waals surface area contributed by atoms with Crippen LogP contribution in [0.4, 0.5) is 5.82 Å². The molecule has 2 aliphatic carbocycles. The van der Waals surface area contributed by atoms with E-state index in [1.807, 2.05) is 12.3 Å². The fraction of sp³-hybridized carbons (Fsp3) is 0.538. The van der Waals surface area contributed by atoms with Crippen molar-refractivity contribution in [3.8, 4) is 22.9 Å². The quantitative estimate of drug-likeness (QED) is 0.438. The average molecular weight is 494 g/mol. The number of methoxy groups -OCH3 is 1. The number of aromatic nitrogens is 4. The summed E-state index contributed by atoms with van der Waals surface area (Å²) in [6.45, 7) is 10.1. The van der Waals surface area contributed by atoms with Crippen LogP contribution in [0.2, 0.25) is 0 Å². The molecule has 4 heterocycles. The molecule has 2 N–H and O–H groups in total. The smallest absolute Gasteiger partial charge is 0.228 e. The van der Waals surface area contributed by atoms with Gasteiger partial charge in [0.05, 0.1) is 7.11 Å². The molecular weight excluding hydrogens is 458 g/mol. The minimum atomic E-state index is 0.204. The largest absolute Gasteiger partial charge is 0.480 e. The van der Waals surface area contributed by atoms with E-state index in [0.717, 1.165) is 29.7 Å². The Morgan fingerprint density at radius 3 is 2.50 bits per heavy atom. The molecule has 0 radical (unpaired) electrons. The molecular formula is C26H35N7O3. The maximum atomic E-state index is 10.6. The summed E-state index contributed by atoms with van der Waals surface area (Å²) in [5, 5.41) is 3.39. The summed E-state index contributed by atoms with van der Waals surface area (Å²) in [6.07, 6.45) is 9.08. The standard InChI is InChI=1S/C16H15N5O3.C10H20N2/c1-23-15-13(16(19-7-18-15)24-9-2-3-9)11-6-17-14-10(11)4-5-12(21-14)20-8-22;1-2-11-5-7-12(8-6-11)9-10-3-4-10/h4-9H,2-3H2,1H3,(H2,17,20,21,22);10H,2-9H2,1H3. The lowest BCUT2D eigenvalue weighted by atomic mass is 10.1. The van der Waals surface area contributed by atoms with Crippen molar-refractivity contribution >= 4 is 23.3 Å². The first-order valence-corrected chi connectivity index (χ1v) is 12.9. The minimum absolute atomic E-state index is 0.204. The summed E-state index contributed by atoms with van der Waals surface area (Å²) in [6, 6.07) is 3.60. The fourth-order valence-electron chi connectivity index (χ4n) is 4.48. The Labute approximate surface area is 211 Å². The zero-order chi connectivity index (χ0) is 24.9. The van der Waals surface area contributed by atoms with Gasteiger partial charge in [0.2, 0.25) is 18.2 Å². The highest BCUT2D eigenvalue weighted by atomic mass is 16.5. The number of nitrogens with one attached hydrogen (secondary N) is 2. The predicted molar refractivity (Wildman–Crippen MR) is 138 cm³/mol. The highest BCUT2D eigenvalue weighted by molar-refractivity contribution is 5.97. The number of carbonyl (C=O) groups is 1. The van der Waals surface area contributed by atoms with E-state index in [9.17, 15) is 4.79 Å². The molecule has 1 aliphatic heterocycles. The molecule has 192 valence electrons. The zero-order valence-corrected chi connectivity index (χ0v) is 21.1. The highest BCUT2D eigenvalue weighted by Crippen LogP contribution is 2.41. The van der Waals surface area contributed by atoms with Crippen molar-refractivity contribution in [3.05, 3.63) is 24.7 Å². The lowest BCUT2D eigenvalue weighted by molar-refractivity contribution is -0.105. The first-order valence-electron chi connectivity index (χ1n) is 12.9. The molecule has 36 heavy (non-hydrogen) atoms. The van der Waals surface area contributed by atoms with Gasteiger partial charge in [-0.3, -0.25) is 4.79 Å². The summed E-state index contributed by atoms with van der Waals surface area (Å²) in [5.74, 6) is 2.48. The Hall–Kier alpha value is -3.24. The van der Waals surface area contributed by atoms with Crippen LogP contribution in [0.1, 0.15) is 32.6 Å². The number of nitrogens with zero attached hydrogens (tertiary/aromatic N) is 5. The molecule has 0 bridgehead atoms. The van der Waals surface area contributed by atoms with E-state index in [1.54, 1.807) is 13.2 Å². The van der Waals surface area contributed by atoms with Crippen LogP contribution in [0.25, 0.3) is 22.2 Å². The number of pyridine rings is 1. The first-order chi connectivity index (χ1) is 17.7. The molecule has 3 aromatic rings. The van der Waals surface area contributed by atoms with E-state index in [1.165, 1.54) is 58.4 Å². The number of aromatic amines is 1. The van der Waals surface area contributed by atoms with E-state index >= 15 is 0 Å². The SMILES string of the molecule is CCN1CCN(CC2CC2)CC1.COc1ncnc(OC2CC2)c1-c1c[nH]c2nc(NC=O)ccc12. The van der Waals surface area contributed by atoms with Crippen LogP contribution in [0.5, 0.6) is 11.8 Å². The lowest BCUT2D eigenvalue weighted by Crippen LogP contribution is -2.46. The summed E-state index contributed by atoms with van der Waals surface area (Å²) in [4.78, 5) is 31.7. The van der Waals surface area contributed by atoms with Gasteiger partial charge in [-0.05, 0) is 50.3 Å². The van der Waals surface area contributed by atoms with E-state index < -0.39 is 0 Å². The number of hydrogen-bond acceptors (Lipinski definition) is 8. The van der Waals surface area contributed by atoms with Gasteiger partial charge >= 0.3 is 0 Å². The van der Waals surface area contributed by atoms with Crippen molar-refractivity contribution in [2.24, 2.45) is 5.92 Å². The molecule has 3 aliphatic rings. The Kier molecular flexibility index (Phi) is 7.62. The second kappa shape index (κ2) is 11.2.